The molecule has 0 amide bonds. The van der Waals surface area contributed by atoms with Gasteiger partial charge in [0.15, 0.2) is 0 Å². The van der Waals surface area contributed by atoms with Gasteiger partial charge in [0.05, 0.1) is 0 Å². The number of fused-ring (bicyclic) bond motifs is 2. The molecule has 4 aromatic rings. The normalized spacial score (nSPS) is 10.5. The molecule has 0 N–H and O–H groups in total. The first-order valence-electron chi connectivity index (χ1n) is 7.88. The summed E-state index contributed by atoms with van der Waals surface area (Å²) in [4.78, 5) is 0. The zero-order valence-electron chi connectivity index (χ0n) is 13.7. The van der Waals surface area contributed by atoms with Crippen LogP contribution in [-0.2, 0) is 27.3 Å². The Morgan fingerprint density at radius 1 is 0.917 bits per heavy atom. The summed E-state index contributed by atoms with van der Waals surface area (Å²) in [6, 6.07) is 22.5. The molecule has 0 nitrogen and oxygen atoms in total. The third kappa shape index (κ3) is 4.02. The zero-order chi connectivity index (χ0) is 17.1. The molecule has 0 unspecified atom stereocenters. The molecule has 120 valence electrons. The third-order valence-electron chi connectivity index (χ3n) is 4.30. The van der Waals surface area contributed by atoms with Crippen LogP contribution in [0.4, 0.5) is 0 Å². The third-order valence-corrected chi connectivity index (χ3v) is 4.30. The number of hydrogen-bond acceptors (Lipinski definition) is 0. The van der Waals surface area contributed by atoms with Crippen molar-refractivity contribution in [2.75, 3.05) is 0 Å². The summed E-state index contributed by atoms with van der Waals surface area (Å²) < 4.78 is 0. The Morgan fingerprint density at radius 3 is 2.50 bits per heavy atom. The first-order valence-corrected chi connectivity index (χ1v) is 14.2. The maximum absolute atomic E-state index is 4.93. The summed E-state index contributed by atoms with van der Waals surface area (Å²) in [6.07, 6.45) is 1.01. The molecule has 0 aliphatic heterocycles. The molecular formula is C21H18Cl2Zr. The van der Waals surface area contributed by atoms with Crippen molar-refractivity contribution < 1.29 is 20.8 Å². The molecule has 0 fully saturated rings. The maximum atomic E-state index is 4.93. The molecule has 0 heterocycles. The first-order chi connectivity index (χ1) is 11.6. The average Bonchev–Trinajstić information content (AvgIpc) is 3.10. The van der Waals surface area contributed by atoms with E-state index in [-0.39, 0.29) is 0 Å². The van der Waals surface area contributed by atoms with Gasteiger partial charge >= 0.3 is 37.9 Å². The van der Waals surface area contributed by atoms with Gasteiger partial charge in [-0.3, -0.25) is 0 Å². The fraction of sp³-hybridized carbons (Fsp3) is 0.143. The Kier molecular flexibility index (Phi) is 5.98. The summed E-state index contributed by atoms with van der Waals surface area (Å²) >= 11 is -0.826. The Hall–Kier alpha value is -0.877. The van der Waals surface area contributed by atoms with E-state index in [1.165, 1.54) is 43.8 Å². The van der Waals surface area contributed by atoms with E-state index in [9.17, 15) is 0 Å². The van der Waals surface area contributed by atoms with Gasteiger partial charge in [0.2, 0.25) is 0 Å². The molecule has 0 saturated heterocycles. The van der Waals surface area contributed by atoms with Crippen LogP contribution >= 0.6 is 17.0 Å². The standard InChI is InChI=1S/C21H18.2ClH.Zr/c1-14-6-7-17-11-16(13-20(17)8-14)12-19-5-3-4-18-9-15(2)10-21(18)19;;;/h3-11,13H,12H2,1-2H3;2*1H;/q-2;;;+4/p-2. The van der Waals surface area contributed by atoms with Crippen LogP contribution in [0.3, 0.4) is 0 Å². The molecule has 0 atom stereocenters. The number of aryl methyl sites for hydroxylation is 2. The SMILES string of the molecule is Cc1ccc2[cH-]c(Cc3cccc4cc(C)[cH-]c34)cc2c1.[Cl][Zr+2][Cl]. The van der Waals surface area contributed by atoms with Crippen molar-refractivity contribution in [2.45, 2.75) is 20.3 Å². The van der Waals surface area contributed by atoms with E-state index in [2.05, 4.69) is 74.5 Å². The second kappa shape index (κ2) is 8.00. The number of rotatable bonds is 2. The predicted molar refractivity (Wildman–Crippen MR) is 103 cm³/mol. The summed E-state index contributed by atoms with van der Waals surface area (Å²) in [5.74, 6) is 0. The van der Waals surface area contributed by atoms with E-state index < -0.39 is 20.8 Å². The van der Waals surface area contributed by atoms with Crippen molar-refractivity contribution in [3.05, 3.63) is 82.9 Å². The predicted octanol–water partition coefficient (Wildman–Crippen LogP) is 7.01. The van der Waals surface area contributed by atoms with E-state index in [4.69, 9.17) is 17.0 Å². The van der Waals surface area contributed by atoms with E-state index in [0.29, 0.717) is 0 Å². The fourth-order valence-corrected chi connectivity index (χ4v) is 3.32. The summed E-state index contributed by atoms with van der Waals surface area (Å²) in [6.45, 7) is 4.32. The van der Waals surface area contributed by atoms with Gasteiger partial charge in [-0.2, -0.15) is 12.1 Å². The molecule has 0 aromatic heterocycles. The van der Waals surface area contributed by atoms with E-state index >= 15 is 0 Å². The summed E-state index contributed by atoms with van der Waals surface area (Å²) in [5, 5.41) is 5.46. The molecule has 0 spiro atoms. The number of halogens is 2. The van der Waals surface area contributed by atoms with Gasteiger partial charge in [-0.1, -0.05) is 25.0 Å². The van der Waals surface area contributed by atoms with Crippen molar-refractivity contribution in [2.24, 2.45) is 0 Å². The van der Waals surface area contributed by atoms with Crippen molar-refractivity contribution in [1.29, 1.82) is 0 Å². The molecule has 0 radical (unpaired) electrons. The Morgan fingerprint density at radius 2 is 1.71 bits per heavy atom. The Bertz CT molecular complexity index is 962. The number of benzene rings is 2. The molecule has 4 aromatic carbocycles. The van der Waals surface area contributed by atoms with Crippen LogP contribution in [0, 0.1) is 13.8 Å². The molecule has 0 saturated carbocycles. The van der Waals surface area contributed by atoms with Crippen molar-refractivity contribution >= 4 is 38.6 Å². The van der Waals surface area contributed by atoms with Gasteiger partial charge < -0.3 is 0 Å². The van der Waals surface area contributed by atoms with Gasteiger partial charge in [0, 0.05) is 0 Å². The summed E-state index contributed by atoms with van der Waals surface area (Å²) in [5.41, 5.74) is 5.50. The second-order valence-electron chi connectivity index (χ2n) is 6.20. The van der Waals surface area contributed by atoms with Gasteiger partial charge in [-0.05, 0) is 6.92 Å². The number of hydrogen-bond donors (Lipinski definition) is 0. The van der Waals surface area contributed by atoms with Gasteiger partial charge in [0.25, 0.3) is 0 Å². The van der Waals surface area contributed by atoms with Crippen molar-refractivity contribution in [3.8, 4) is 0 Å². The molecule has 0 bridgehead atoms. The summed E-state index contributed by atoms with van der Waals surface area (Å²) in [7, 11) is 9.87. The average molecular weight is 433 g/mol. The van der Waals surface area contributed by atoms with Gasteiger partial charge in [-0.15, -0.1) is 80.7 Å². The zero-order valence-corrected chi connectivity index (χ0v) is 17.7. The van der Waals surface area contributed by atoms with Crippen LogP contribution in [-0.4, -0.2) is 0 Å². The second-order valence-corrected chi connectivity index (χ2v) is 9.93. The monoisotopic (exact) mass is 430 g/mol. The topological polar surface area (TPSA) is 0 Å². The molecule has 24 heavy (non-hydrogen) atoms. The van der Waals surface area contributed by atoms with Crippen molar-refractivity contribution in [1.82, 2.24) is 0 Å². The van der Waals surface area contributed by atoms with Crippen LogP contribution < -0.4 is 0 Å². The Labute approximate surface area is 161 Å². The van der Waals surface area contributed by atoms with Gasteiger partial charge in [-0.25, -0.2) is 0 Å². The minimum absolute atomic E-state index is 0.826. The van der Waals surface area contributed by atoms with Crippen LogP contribution in [0.1, 0.15) is 22.3 Å². The molecule has 0 aliphatic rings. The molecule has 3 heteroatoms. The molecular weight excluding hydrogens is 414 g/mol. The molecule has 4 rings (SSSR count). The van der Waals surface area contributed by atoms with E-state index in [0.717, 1.165) is 6.42 Å². The fourth-order valence-electron chi connectivity index (χ4n) is 3.32. The van der Waals surface area contributed by atoms with Crippen LogP contribution in [0.15, 0.2) is 60.7 Å². The van der Waals surface area contributed by atoms with E-state index in [1.54, 1.807) is 0 Å². The molecule has 0 aliphatic carbocycles. The van der Waals surface area contributed by atoms with Crippen LogP contribution in [0.2, 0.25) is 0 Å². The Balaban J connectivity index is 0.000000526. The first kappa shape index (κ1) is 17.9. The quantitative estimate of drug-likeness (QED) is 0.299. The van der Waals surface area contributed by atoms with Gasteiger partial charge in [0.1, 0.15) is 0 Å². The van der Waals surface area contributed by atoms with Crippen LogP contribution in [0.5, 0.6) is 0 Å². The minimum atomic E-state index is -0.826. The van der Waals surface area contributed by atoms with Crippen molar-refractivity contribution in [3.63, 3.8) is 0 Å². The van der Waals surface area contributed by atoms with E-state index in [1.807, 2.05) is 0 Å². The van der Waals surface area contributed by atoms with Crippen LogP contribution in [0.25, 0.3) is 21.5 Å².